The SMILES string of the molecule is Cc1ccc(C(=O)O)cc1-n1cc(Cl)nc(N2CCN(C)CC2)c1=O. The number of carboxylic acids is 1. The van der Waals surface area contributed by atoms with E-state index in [2.05, 4.69) is 9.88 Å². The number of aromatic nitrogens is 2. The van der Waals surface area contributed by atoms with Gasteiger partial charge in [-0.15, -0.1) is 0 Å². The van der Waals surface area contributed by atoms with Crippen molar-refractivity contribution in [1.82, 2.24) is 14.5 Å². The van der Waals surface area contributed by atoms with Crippen LogP contribution in [0.25, 0.3) is 5.69 Å². The summed E-state index contributed by atoms with van der Waals surface area (Å²) in [6, 6.07) is 4.66. The number of rotatable bonds is 3. The summed E-state index contributed by atoms with van der Waals surface area (Å²) in [5.74, 6) is -0.755. The predicted molar refractivity (Wildman–Crippen MR) is 96.3 cm³/mol. The summed E-state index contributed by atoms with van der Waals surface area (Å²) < 4.78 is 1.38. The Labute approximate surface area is 150 Å². The molecular formula is C17H19ClN4O3. The van der Waals surface area contributed by atoms with Gasteiger partial charge in [-0.3, -0.25) is 9.36 Å². The first kappa shape index (κ1) is 17.4. The summed E-state index contributed by atoms with van der Waals surface area (Å²) in [5.41, 5.74) is 1.07. The van der Waals surface area contributed by atoms with Gasteiger partial charge in [0.15, 0.2) is 5.82 Å². The van der Waals surface area contributed by atoms with Crippen molar-refractivity contribution in [1.29, 1.82) is 0 Å². The molecule has 0 saturated carbocycles. The third kappa shape index (κ3) is 3.52. The molecule has 1 saturated heterocycles. The average molecular weight is 363 g/mol. The van der Waals surface area contributed by atoms with Crippen LogP contribution in [0.1, 0.15) is 15.9 Å². The van der Waals surface area contributed by atoms with E-state index >= 15 is 0 Å². The van der Waals surface area contributed by atoms with E-state index in [-0.39, 0.29) is 16.3 Å². The summed E-state index contributed by atoms with van der Waals surface area (Å²) in [6.45, 7) is 4.86. The van der Waals surface area contributed by atoms with Crippen LogP contribution >= 0.6 is 11.6 Å². The second-order valence-corrected chi connectivity index (χ2v) is 6.55. The van der Waals surface area contributed by atoms with Crippen molar-refractivity contribution < 1.29 is 9.90 Å². The van der Waals surface area contributed by atoms with Gasteiger partial charge in [-0.2, -0.15) is 0 Å². The lowest BCUT2D eigenvalue weighted by molar-refractivity contribution is 0.0697. The molecule has 0 aliphatic carbocycles. The number of piperazine rings is 1. The lowest BCUT2D eigenvalue weighted by Gasteiger charge is -2.32. The Morgan fingerprint density at radius 2 is 1.92 bits per heavy atom. The van der Waals surface area contributed by atoms with E-state index in [4.69, 9.17) is 11.6 Å². The van der Waals surface area contributed by atoms with Gasteiger partial charge in [-0.05, 0) is 31.7 Å². The molecule has 0 spiro atoms. The second-order valence-electron chi connectivity index (χ2n) is 6.16. The van der Waals surface area contributed by atoms with Crippen LogP contribution < -0.4 is 10.5 Å². The molecule has 3 rings (SSSR count). The molecule has 0 bridgehead atoms. The molecule has 1 aliphatic rings. The third-order valence-electron chi connectivity index (χ3n) is 4.38. The molecular weight excluding hydrogens is 344 g/mol. The van der Waals surface area contributed by atoms with Crippen LogP contribution in [0, 0.1) is 6.92 Å². The fraction of sp³-hybridized carbons (Fsp3) is 0.353. The molecule has 1 fully saturated rings. The van der Waals surface area contributed by atoms with Gasteiger partial charge in [-0.25, -0.2) is 9.78 Å². The average Bonchev–Trinajstić information content (AvgIpc) is 2.58. The number of aryl methyl sites for hydroxylation is 1. The first-order valence-electron chi connectivity index (χ1n) is 7.94. The minimum atomic E-state index is -1.05. The number of carboxylic acid groups (broad SMARTS) is 1. The van der Waals surface area contributed by atoms with Gasteiger partial charge in [0, 0.05) is 26.2 Å². The number of nitrogens with zero attached hydrogens (tertiary/aromatic N) is 4. The molecule has 0 unspecified atom stereocenters. The van der Waals surface area contributed by atoms with E-state index < -0.39 is 5.97 Å². The minimum absolute atomic E-state index is 0.113. The molecule has 0 radical (unpaired) electrons. The first-order valence-corrected chi connectivity index (χ1v) is 8.31. The Bertz CT molecular complexity index is 873. The van der Waals surface area contributed by atoms with Crippen LogP contribution in [0.2, 0.25) is 5.15 Å². The molecule has 0 atom stereocenters. The molecule has 1 aromatic heterocycles. The van der Waals surface area contributed by atoms with Crippen LogP contribution in [0.4, 0.5) is 5.82 Å². The highest BCUT2D eigenvalue weighted by Crippen LogP contribution is 2.19. The third-order valence-corrected chi connectivity index (χ3v) is 4.56. The molecule has 0 amide bonds. The van der Waals surface area contributed by atoms with E-state index in [9.17, 15) is 14.7 Å². The fourth-order valence-electron chi connectivity index (χ4n) is 2.86. The van der Waals surface area contributed by atoms with Crippen molar-refractivity contribution in [3.05, 3.63) is 51.0 Å². The number of halogens is 1. The van der Waals surface area contributed by atoms with Crippen LogP contribution in [0.15, 0.2) is 29.2 Å². The topological polar surface area (TPSA) is 78.7 Å². The normalized spacial score (nSPS) is 15.4. The van der Waals surface area contributed by atoms with Crippen molar-refractivity contribution in [3.63, 3.8) is 0 Å². The highest BCUT2D eigenvalue weighted by Gasteiger charge is 2.21. The van der Waals surface area contributed by atoms with Crippen molar-refractivity contribution in [2.75, 3.05) is 38.1 Å². The molecule has 8 heteroatoms. The minimum Gasteiger partial charge on any atom is -0.478 e. The standard InChI is InChI=1S/C17H19ClN4O3/c1-11-3-4-12(17(24)25)9-13(11)22-10-14(18)19-15(16(22)23)21-7-5-20(2)6-8-21/h3-4,9-10H,5-8H2,1-2H3,(H,24,25). The zero-order chi connectivity index (χ0) is 18.1. The molecule has 132 valence electrons. The Kier molecular flexibility index (Phi) is 4.78. The van der Waals surface area contributed by atoms with Gasteiger partial charge < -0.3 is 14.9 Å². The largest absolute Gasteiger partial charge is 0.478 e. The van der Waals surface area contributed by atoms with Gasteiger partial charge in [-0.1, -0.05) is 17.7 Å². The van der Waals surface area contributed by atoms with E-state index in [0.717, 1.165) is 18.7 Å². The summed E-state index contributed by atoms with van der Waals surface area (Å²) in [5, 5.41) is 9.40. The number of anilines is 1. The Balaban J connectivity index is 2.11. The summed E-state index contributed by atoms with van der Waals surface area (Å²) in [7, 11) is 2.03. The maximum absolute atomic E-state index is 13.0. The lowest BCUT2D eigenvalue weighted by atomic mass is 10.1. The first-order chi connectivity index (χ1) is 11.9. The molecule has 1 aliphatic heterocycles. The van der Waals surface area contributed by atoms with Crippen LogP contribution in [0.5, 0.6) is 0 Å². The molecule has 1 N–H and O–H groups in total. The Morgan fingerprint density at radius 1 is 1.24 bits per heavy atom. The van der Waals surface area contributed by atoms with Crippen molar-refractivity contribution in [2.45, 2.75) is 6.92 Å². The smallest absolute Gasteiger partial charge is 0.335 e. The van der Waals surface area contributed by atoms with Gasteiger partial charge in [0.2, 0.25) is 0 Å². The molecule has 2 aromatic rings. The lowest BCUT2D eigenvalue weighted by Crippen LogP contribution is -2.47. The molecule has 2 heterocycles. The highest BCUT2D eigenvalue weighted by atomic mass is 35.5. The van der Waals surface area contributed by atoms with E-state index in [0.29, 0.717) is 24.6 Å². The number of aromatic carboxylic acids is 1. The Morgan fingerprint density at radius 3 is 2.56 bits per heavy atom. The highest BCUT2D eigenvalue weighted by molar-refractivity contribution is 6.29. The van der Waals surface area contributed by atoms with E-state index in [1.54, 1.807) is 6.07 Å². The zero-order valence-corrected chi connectivity index (χ0v) is 14.8. The van der Waals surface area contributed by atoms with E-state index in [1.165, 1.54) is 22.9 Å². The number of carbonyl (C=O) groups is 1. The van der Waals surface area contributed by atoms with Crippen molar-refractivity contribution in [2.24, 2.45) is 0 Å². The Hall–Kier alpha value is -2.38. The number of hydrogen-bond donors (Lipinski definition) is 1. The van der Waals surface area contributed by atoms with Gasteiger partial charge in [0.1, 0.15) is 5.15 Å². The maximum Gasteiger partial charge on any atom is 0.335 e. The van der Waals surface area contributed by atoms with Gasteiger partial charge in [0.25, 0.3) is 5.56 Å². The van der Waals surface area contributed by atoms with E-state index in [1.807, 2.05) is 18.9 Å². The second kappa shape index (κ2) is 6.85. The van der Waals surface area contributed by atoms with Crippen LogP contribution in [-0.4, -0.2) is 58.8 Å². The number of likely N-dealkylation sites (N-methyl/N-ethyl adjacent to an activating group) is 1. The van der Waals surface area contributed by atoms with Gasteiger partial charge >= 0.3 is 5.97 Å². The molecule has 25 heavy (non-hydrogen) atoms. The van der Waals surface area contributed by atoms with Gasteiger partial charge in [0.05, 0.1) is 17.4 Å². The molecule has 1 aromatic carbocycles. The number of benzene rings is 1. The number of hydrogen-bond acceptors (Lipinski definition) is 5. The van der Waals surface area contributed by atoms with Crippen molar-refractivity contribution >= 4 is 23.4 Å². The zero-order valence-electron chi connectivity index (χ0n) is 14.1. The monoisotopic (exact) mass is 362 g/mol. The van der Waals surface area contributed by atoms with Crippen molar-refractivity contribution in [3.8, 4) is 5.69 Å². The quantitative estimate of drug-likeness (QED) is 0.894. The summed E-state index contributed by atoms with van der Waals surface area (Å²) >= 11 is 6.15. The summed E-state index contributed by atoms with van der Waals surface area (Å²) in [6.07, 6.45) is 1.43. The van der Waals surface area contributed by atoms with Crippen LogP contribution in [-0.2, 0) is 0 Å². The molecule has 7 nitrogen and oxygen atoms in total. The fourth-order valence-corrected chi connectivity index (χ4v) is 3.03. The van der Waals surface area contributed by atoms with Crippen LogP contribution in [0.3, 0.4) is 0 Å². The summed E-state index contributed by atoms with van der Waals surface area (Å²) in [4.78, 5) is 32.5. The maximum atomic E-state index is 13.0. The predicted octanol–water partition coefficient (Wildman–Crippen LogP) is 1.64.